The normalized spacial score (nSPS) is 26.4. The summed E-state index contributed by atoms with van der Waals surface area (Å²) in [6.45, 7) is 2.17. The first-order valence-electron chi connectivity index (χ1n) is 5.76. The first-order valence-corrected chi connectivity index (χ1v) is 5.76. The molecule has 0 fully saturated rings. The number of hydrogen-bond acceptors (Lipinski definition) is 2. The van der Waals surface area contributed by atoms with Gasteiger partial charge in [0, 0.05) is 5.57 Å². The molecular weight excluding hydrogens is 176 g/mol. The number of ether oxygens (including phenoxy) is 1. The molecule has 0 saturated carbocycles. The third kappa shape index (κ3) is 1.70. The van der Waals surface area contributed by atoms with Crippen LogP contribution in [0.3, 0.4) is 0 Å². The van der Waals surface area contributed by atoms with Crippen LogP contribution in [0.4, 0.5) is 0 Å². The molecule has 0 amide bonds. The van der Waals surface area contributed by atoms with Crippen molar-refractivity contribution in [2.45, 2.75) is 58.0 Å². The Morgan fingerprint density at radius 2 is 2.14 bits per heavy atom. The number of esters is 1. The summed E-state index contributed by atoms with van der Waals surface area (Å²) < 4.78 is 5.40. The van der Waals surface area contributed by atoms with Crippen LogP contribution < -0.4 is 0 Å². The van der Waals surface area contributed by atoms with Crippen molar-refractivity contribution >= 4 is 5.97 Å². The molecule has 0 aromatic carbocycles. The molecular formula is C12H18O2. The smallest absolute Gasteiger partial charge is 0.334 e. The van der Waals surface area contributed by atoms with Crippen molar-refractivity contribution in [1.82, 2.24) is 0 Å². The van der Waals surface area contributed by atoms with E-state index in [4.69, 9.17) is 4.74 Å². The Hall–Kier alpha value is -0.790. The Bertz CT molecular complexity index is 265. The second-order valence-electron chi connectivity index (χ2n) is 4.25. The standard InChI is InChI=1S/C12H18O2/c1-2-3-8-11-9-6-4-5-7-10(9)12(13)14-11/h11H,2-8H2,1H3. The van der Waals surface area contributed by atoms with E-state index in [0.717, 1.165) is 37.7 Å². The minimum atomic E-state index is -0.0270. The Labute approximate surface area is 85.3 Å². The molecule has 2 heteroatoms. The van der Waals surface area contributed by atoms with E-state index in [-0.39, 0.29) is 12.1 Å². The van der Waals surface area contributed by atoms with Crippen molar-refractivity contribution in [2.24, 2.45) is 0 Å². The molecule has 1 atom stereocenters. The summed E-state index contributed by atoms with van der Waals surface area (Å²) >= 11 is 0. The largest absolute Gasteiger partial charge is 0.454 e. The molecule has 0 aromatic heterocycles. The average Bonchev–Trinajstić information content (AvgIpc) is 2.54. The van der Waals surface area contributed by atoms with E-state index in [9.17, 15) is 4.79 Å². The van der Waals surface area contributed by atoms with Crippen LogP contribution in [0, 0.1) is 0 Å². The lowest BCUT2D eigenvalue weighted by Gasteiger charge is -2.15. The molecule has 0 radical (unpaired) electrons. The van der Waals surface area contributed by atoms with E-state index in [1.54, 1.807) is 0 Å². The molecule has 14 heavy (non-hydrogen) atoms. The van der Waals surface area contributed by atoms with Crippen LogP contribution in [-0.4, -0.2) is 12.1 Å². The third-order valence-corrected chi connectivity index (χ3v) is 3.21. The van der Waals surface area contributed by atoms with Crippen LogP contribution in [0.2, 0.25) is 0 Å². The second kappa shape index (κ2) is 4.16. The van der Waals surface area contributed by atoms with Gasteiger partial charge in [0.05, 0.1) is 0 Å². The van der Waals surface area contributed by atoms with E-state index in [2.05, 4.69) is 6.92 Å². The Kier molecular flexibility index (Phi) is 2.90. The van der Waals surface area contributed by atoms with E-state index in [1.165, 1.54) is 18.4 Å². The first-order chi connectivity index (χ1) is 6.83. The summed E-state index contributed by atoms with van der Waals surface area (Å²) in [5.41, 5.74) is 2.34. The number of cyclic esters (lactones) is 1. The summed E-state index contributed by atoms with van der Waals surface area (Å²) in [5.74, 6) is -0.0270. The van der Waals surface area contributed by atoms with E-state index >= 15 is 0 Å². The van der Waals surface area contributed by atoms with Gasteiger partial charge in [0.2, 0.25) is 0 Å². The highest BCUT2D eigenvalue weighted by atomic mass is 16.5. The van der Waals surface area contributed by atoms with Crippen molar-refractivity contribution in [3.63, 3.8) is 0 Å². The summed E-state index contributed by atoms with van der Waals surface area (Å²) in [5, 5.41) is 0. The molecule has 1 aliphatic carbocycles. The molecule has 1 unspecified atom stereocenters. The highest BCUT2D eigenvalue weighted by Gasteiger charge is 2.34. The van der Waals surface area contributed by atoms with Crippen molar-refractivity contribution in [3.05, 3.63) is 11.1 Å². The molecule has 0 aromatic rings. The minimum absolute atomic E-state index is 0.0270. The second-order valence-corrected chi connectivity index (χ2v) is 4.25. The lowest BCUT2D eigenvalue weighted by molar-refractivity contribution is -0.140. The van der Waals surface area contributed by atoms with Crippen molar-refractivity contribution in [1.29, 1.82) is 0 Å². The maximum absolute atomic E-state index is 11.5. The van der Waals surface area contributed by atoms with Gasteiger partial charge in [0.25, 0.3) is 0 Å². The topological polar surface area (TPSA) is 26.3 Å². The van der Waals surface area contributed by atoms with Crippen LogP contribution in [0.5, 0.6) is 0 Å². The van der Waals surface area contributed by atoms with Crippen LogP contribution in [0.25, 0.3) is 0 Å². The molecule has 0 saturated heterocycles. The minimum Gasteiger partial charge on any atom is -0.454 e. The maximum atomic E-state index is 11.5. The zero-order valence-electron chi connectivity index (χ0n) is 8.84. The summed E-state index contributed by atoms with van der Waals surface area (Å²) in [7, 11) is 0. The van der Waals surface area contributed by atoms with E-state index in [0.29, 0.717) is 0 Å². The van der Waals surface area contributed by atoms with Gasteiger partial charge in [0.1, 0.15) is 6.10 Å². The fourth-order valence-electron chi connectivity index (χ4n) is 2.41. The summed E-state index contributed by atoms with van der Waals surface area (Å²) in [6, 6.07) is 0. The molecule has 0 spiro atoms. The van der Waals surface area contributed by atoms with Gasteiger partial charge in [-0.2, -0.15) is 0 Å². The predicted molar refractivity (Wildman–Crippen MR) is 54.9 cm³/mol. The SMILES string of the molecule is CCCCC1OC(=O)C2=C1CCCC2. The van der Waals surface area contributed by atoms with Gasteiger partial charge >= 0.3 is 5.97 Å². The Balaban J connectivity index is 2.07. The molecule has 2 nitrogen and oxygen atoms in total. The number of hydrogen-bond donors (Lipinski definition) is 0. The van der Waals surface area contributed by atoms with Crippen molar-refractivity contribution in [2.75, 3.05) is 0 Å². The van der Waals surface area contributed by atoms with Gasteiger partial charge in [0.15, 0.2) is 0 Å². The van der Waals surface area contributed by atoms with Crippen LogP contribution in [0.15, 0.2) is 11.1 Å². The predicted octanol–water partition coefficient (Wildman–Crippen LogP) is 2.97. The maximum Gasteiger partial charge on any atom is 0.334 e. The average molecular weight is 194 g/mol. The molecule has 2 aliphatic rings. The van der Waals surface area contributed by atoms with Gasteiger partial charge < -0.3 is 4.74 Å². The van der Waals surface area contributed by atoms with Crippen LogP contribution in [0.1, 0.15) is 51.9 Å². The zero-order valence-corrected chi connectivity index (χ0v) is 8.84. The fraction of sp³-hybridized carbons (Fsp3) is 0.750. The van der Waals surface area contributed by atoms with Crippen LogP contribution >= 0.6 is 0 Å². The number of unbranched alkanes of at least 4 members (excludes halogenated alkanes) is 1. The number of carbonyl (C=O) groups excluding carboxylic acids is 1. The van der Waals surface area contributed by atoms with Crippen LogP contribution in [-0.2, 0) is 9.53 Å². The van der Waals surface area contributed by atoms with E-state index < -0.39 is 0 Å². The molecule has 0 bridgehead atoms. The quantitative estimate of drug-likeness (QED) is 0.646. The highest BCUT2D eigenvalue weighted by molar-refractivity contribution is 5.92. The summed E-state index contributed by atoms with van der Waals surface area (Å²) in [4.78, 5) is 11.5. The molecule has 78 valence electrons. The Morgan fingerprint density at radius 1 is 1.36 bits per heavy atom. The molecule has 0 N–H and O–H groups in total. The van der Waals surface area contributed by atoms with Gasteiger partial charge in [-0.05, 0) is 44.1 Å². The molecule has 1 aliphatic heterocycles. The highest BCUT2D eigenvalue weighted by Crippen LogP contribution is 2.36. The number of carbonyl (C=O) groups is 1. The monoisotopic (exact) mass is 194 g/mol. The third-order valence-electron chi connectivity index (χ3n) is 3.21. The first kappa shape index (κ1) is 9.75. The summed E-state index contributed by atoms with van der Waals surface area (Å²) in [6.07, 6.45) is 7.95. The van der Waals surface area contributed by atoms with Gasteiger partial charge in [-0.3, -0.25) is 0 Å². The van der Waals surface area contributed by atoms with Gasteiger partial charge in [-0.1, -0.05) is 13.3 Å². The van der Waals surface area contributed by atoms with Crippen molar-refractivity contribution < 1.29 is 9.53 Å². The van der Waals surface area contributed by atoms with E-state index in [1.807, 2.05) is 0 Å². The Morgan fingerprint density at radius 3 is 2.93 bits per heavy atom. The molecule has 2 rings (SSSR count). The van der Waals surface area contributed by atoms with Gasteiger partial charge in [-0.15, -0.1) is 0 Å². The number of rotatable bonds is 3. The zero-order chi connectivity index (χ0) is 9.97. The lowest BCUT2D eigenvalue weighted by Crippen LogP contribution is -2.11. The lowest BCUT2D eigenvalue weighted by atomic mass is 9.89. The van der Waals surface area contributed by atoms with Crippen molar-refractivity contribution in [3.8, 4) is 0 Å². The van der Waals surface area contributed by atoms with Gasteiger partial charge in [-0.25, -0.2) is 4.79 Å². The molecule has 1 heterocycles. The fourth-order valence-corrected chi connectivity index (χ4v) is 2.41.